The molecule has 6 nitrogen and oxygen atoms in total. The number of ether oxygens (including phenoxy) is 1. The smallest absolute Gasteiger partial charge is 0.341 e. The molecule has 0 atom stereocenters. The zero-order chi connectivity index (χ0) is 20.8. The predicted molar refractivity (Wildman–Crippen MR) is 119 cm³/mol. The van der Waals surface area contributed by atoms with Crippen LogP contribution in [0.2, 0.25) is 0 Å². The van der Waals surface area contributed by atoms with Crippen LogP contribution in [-0.4, -0.2) is 42.1 Å². The Balaban J connectivity index is 2.35. The Hall–Kier alpha value is -2.45. The second kappa shape index (κ2) is 9.66. The number of hydrogen-bond donors (Lipinski definition) is 2. The minimum atomic E-state index is -0.506. The van der Waals surface area contributed by atoms with Gasteiger partial charge in [-0.15, -0.1) is 11.3 Å². The van der Waals surface area contributed by atoms with Gasteiger partial charge >= 0.3 is 5.97 Å². The van der Waals surface area contributed by atoms with Crippen molar-refractivity contribution in [1.29, 1.82) is 0 Å². The van der Waals surface area contributed by atoms with Crippen LogP contribution >= 0.6 is 23.6 Å². The number of para-hydroxylation sites is 1. The van der Waals surface area contributed by atoms with Gasteiger partial charge in [0, 0.05) is 18.8 Å². The molecule has 8 heteroatoms. The third kappa shape index (κ3) is 4.69. The van der Waals surface area contributed by atoms with E-state index in [0.717, 1.165) is 11.3 Å². The highest BCUT2D eigenvalue weighted by Crippen LogP contribution is 2.34. The maximum atomic E-state index is 12.8. The molecule has 0 aliphatic rings. The summed E-state index contributed by atoms with van der Waals surface area (Å²) in [6, 6.07) is 7.74. The number of anilines is 2. The lowest BCUT2D eigenvalue weighted by molar-refractivity contribution is 0.0601. The highest BCUT2D eigenvalue weighted by molar-refractivity contribution is 7.80. The third-order valence-corrected chi connectivity index (χ3v) is 5.80. The van der Waals surface area contributed by atoms with Gasteiger partial charge in [-0.25, -0.2) is 4.79 Å². The number of esters is 1. The molecule has 0 saturated heterocycles. The maximum absolute atomic E-state index is 12.8. The Labute approximate surface area is 174 Å². The second-order valence-electron chi connectivity index (χ2n) is 6.12. The predicted octanol–water partition coefficient (Wildman–Crippen LogP) is 4.44. The first kappa shape index (κ1) is 21.8. The number of benzene rings is 1. The quantitative estimate of drug-likeness (QED) is 0.533. The minimum Gasteiger partial charge on any atom is -0.465 e. The molecule has 2 aromatic rings. The van der Waals surface area contributed by atoms with Crippen LogP contribution in [0, 0.1) is 13.8 Å². The van der Waals surface area contributed by atoms with E-state index in [2.05, 4.69) is 10.6 Å². The van der Waals surface area contributed by atoms with Gasteiger partial charge in [0.2, 0.25) is 0 Å². The van der Waals surface area contributed by atoms with E-state index in [1.807, 2.05) is 45.0 Å². The van der Waals surface area contributed by atoms with Gasteiger partial charge in [-0.05, 0) is 57.1 Å². The molecule has 1 aromatic carbocycles. The number of carbonyl (C=O) groups excluding carboxylic acids is 2. The van der Waals surface area contributed by atoms with Crippen LogP contribution in [0.3, 0.4) is 0 Å². The minimum absolute atomic E-state index is 0.108. The molecular weight excluding hydrogens is 394 g/mol. The standard InChI is InChI=1S/C20H25N3O3S2/c1-6-23(7-2)18(24)16-13(4)15(19(25)26-5)17(28-16)22-20(27)21-14-11-9-8-10-12(14)3/h8-11H,6-7H2,1-5H3,(H2,21,22,27). The van der Waals surface area contributed by atoms with Crippen LogP contribution < -0.4 is 10.6 Å². The lowest BCUT2D eigenvalue weighted by atomic mass is 10.1. The fraction of sp³-hybridized carbons (Fsp3) is 0.350. The van der Waals surface area contributed by atoms with Gasteiger partial charge in [0.1, 0.15) is 5.00 Å². The van der Waals surface area contributed by atoms with E-state index in [1.165, 1.54) is 18.4 Å². The fourth-order valence-corrected chi connectivity index (χ4v) is 4.22. The van der Waals surface area contributed by atoms with Crippen molar-refractivity contribution in [2.45, 2.75) is 27.7 Å². The summed E-state index contributed by atoms with van der Waals surface area (Å²) in [5.41, 5.74) is 2.83. The van der Waals surface area contributed by atoms with Crippen LogP contribution in [0.1, 0.15) is 45.0 Å². The topological polar surface area (TPSA) is 70.7 Å². The van der Waals surface area contributed by atoms with Gasteiger partial charge in [-0.2, -0.15) is 0 Å². The zero-order valence-electron chi connectivity index (χ0n) is 16.7. The molecule has 1 aromatic heterocycles. The number of nitrogens with one attached hydrogen (secondary N) is 2. The van der Waals surface area contributed by atoms with Crippen molar-refractivity contribution in [1.82, 2.24) is 4.90 Å². The van der Waals surface area contributed by atoms with Crippen LogP contribution in [0.4, 0.5) is 10.7 Å². The molecule has 0 spiro atoms. The van der Waals surface area contributed by atoms with Gasteiger partial charge in [-0.1, -0.05) is 18.2 Å². The Morgan fingerprint density at radius 2 is 1.79 bits per heavy atom. The van der Waals surface area contributed by atoms with E-state index < -0.39 is 5.97 Å². The highest BCUT2D eigenvalue weighted by atomic mass is 32.1. The number of rotatable bonds is 6. The first-order chi connectivity index (χ1) is 13.3. The Morgan fingerprint density at radius 3 is 2.36 bits per heavy atom. The second-order valence-corrected chi connectivity index (χ2v) is 7.55. The van der Waals surface area contributed by atoms with Crippen LogP contribution in [0.5, 0.6) is 0 Å². The van der Waals surface area contributed by atoms with Gasteiger partial charge < -0.3 is 20.3 Å². The number of thiophene rings is 1. The first-order valence-electron chi connectivity index (χ1n) is 8.98. The molecular formula is C20H25N3O3S2. The van der Waals surface area contributed by atoms with Crippen molar-refractivity contribution in [2.75, 3.05) is 30.8 Å². The molecule has 0 saturated carbocycles. The van der Waals surface area contributed by atoms with Crippen LogP contribution in [0.25, 0.3) is 0 Å². The van der Waals surface area contributed by atoms with Crippen LogP contribution in [-0.2, 0) is 4.74 Å². The number of methoxy groups -OCH3 is 1. The van der Waals surface area contributed by atoms with Gasteiger partial charge in [0.25, 0.3) is 5.91 Å². The molecule has 2 N–H and O–H groups in total. The fourth-order valence-electron chi connectivity index (χ4n) is 2.78. The van der Waals surface area contributed by atoms with Crippen molar-refractivity contribution < 1.29 is 14.3 Å². The monoisotopic (exact) mass is 419 g/mol. The molecule has 1 amide bonds. The molecule has 0 bridgehead atoms. The van der Waals surface area contributed by atoms with E-state index in [0.29, 0.717) is 39.2 Å². The maximum Gasteiger partial charge on any atom is 0.341 e. The lowest BCUT2D eigenvalue weighted by Crippen LogP contribution is -2.30. The first-order valence-corrected chi connectivity index (χ1v) is 10.2. The zero-order valence-corrected chi connectivity index (χ0v) is 18.3. The molecule has 0 unspecified atom stereocenters. The summed E-state index contributed by atoms with van der Waals surface area (Å²) in [6.07, 6.45) is 0. The summed E-state index contributed by atoms with van der Waals surface area (Å²) < 4.78 is 4.92. The summed E-state index contributed by atoms with van der Waals surface area (Å²) in [6.45, 7) is 8.76. The highest BCUT2D eigenvalue weighted by Gasteiger charge is 2.27. The van der Waals surface area contributed by atoms with E-state index in [4.69, 9.17) is 17.0 Å². The largest absolute Gasteiger partial charge is 0.465 e. The average molecular weight is 420 g/mol. The van der Waals surface area contributed by atoms with Gasteiger partial charge in [-0.3, -0.25) is 4.79 Å². The number of carbonyl (C=O) groups is 2. The number of nitrogens with zero attached hydrogens (tertiary/aromatic N) is 1. The summed E-state index contributed by atoms with van der Waals surface area (Å²) in [5.74, 6) is -0.614. The molecule has 28 heavy (non-hydrogen) atoms. The number of hydrogen-bond acceptors (Lipinski definition) is 5. The van der Waals surface area contributed by atoms with E-state index in [-0.39, 0.29) is 5.91 Å². The van der Waals surface area contributed by atoms with Crippen molar-refractivity contribution >= 4 is 51.2 Å². The van der Waals surface area contributed by atoms with E-state index >= 15 is 0 Å². The van der Waals surface area contributed by atoms with Gasteiger partial charge in [0.15, 0.2) is 5.11 Å². The molecule has 0 radical (unpaired) electrons. The van der Waals surface area contributed by atoms with Crippen molar-refractivity contribution in [3.63, 3.8) is 0 Å². The summed E-state index contributed by atoms with van der Waals surface area (Å²) in [4.78, 5) is 27.4. The van der Waals surface area contributed by atoms with Crippen LogP contribution in [0.15, 0.2) is 24.3 Å². The average Bonchev–Trinajstić information content (AvgIpc) is 2.99. The van der Waals surface area contributed by atoms with Crippen molar-refractivity contribution in [3.8, 4) is 0 Å². The molecule has 1 heterocycles. The summed E-state index contributed by atoms with van der Waals surface area (Å²) in [7, 11) is 1.32. The summed E-state index contributed by atoms with van der Waals surface area (Å²) in [5, 5.41) is 7.01. The van der Waals surface area contributed by atoms with Crippen molar-refractivity contribution in [3.05, 3.63) is 45.8 Å². The molecule has 0 aliphatic carbocycles. The molecule has 2 rings (SSSR count). The Kier molecular flexibility index (Phi) is 7.53. The molecule has 150 valence electrons. The SMILES string of the molecule is CCN(CC)C(=O)c1sc(NC(=S)Nc2ccccc2C)c(C(=O)OC)c1C. The van der Waals surface area contributed by atoms with Crippen molar-refractivity contribution in [2.24, 2.45) is 0 Å². The number of aryl methyl sites for hydroxylation is 1. The Morgan fingerprint density at radius 1 is 1.14 bits per heavy atom. The Bertz CT molecular complexity index is 889. The number of thiocarbonyl (C=S) groups is 1. The van der Waals surface area contributed by atoms with E-state index in [1.54, 1.807) is 11.8 Å². The number of amides is 1. The molecule has 0 fully saturated rings. The normalized spacial score (nSPS) is 10.3. The molecule has 0 aliphatic heterocycles. The summed E-state index contributed by atoms with van der Waals surface area (Å²) >= 11 is 6.62. The third-order valence-electron chi connectivity index (χ3n) is 4.40. The van der Waals surface area contributed by atoms with E-state index in [9.17, 15) is 9.59 Å². The van der Waals surface area contributed by atoms with Gasteiger partial charge in [0.05, 0.1) is 17.6 Å². The lowest BCUT2D eigenvalue weighted by Gasteiger charge is -2.18.